The minimum atomic E-state index is -0.674. The molecule has 0 aromatic heterocycles. The van der Waals surface area contributed by atoms with Crippen LogP contribution in [0.3, 0.4) is 0 Å². The first kappa shape index (κ1) is 15.9. The van der Waals surface area contributed by atoms with Gasteiger partial charge in [0.1, 0.15) is 6.29 Å². The van der Waals surface area contributed by atoms with E-state index in [0.29, 0.717) is 23.3 Å². The van der Waals surface area contributed by atoms with Crippen LogP contribution in [-0.2, 0) is 4.79 Å². The average Bonchev–Trinajstić information content (AvgIpc) is 2.61. The van der Waals surface area contributed by atoms with E-state index in [9.17, 15) is 20.1 Å². The van der Waals surface area contributed by atoms with Gasteiger partial charge in [-0.2, -0.15) is 0 Å². The molecule has 0 bridgehead atoms. The van der Waals surface area contributed by atoms with Gasteiger partial charge in [0.15, 0.2) is 35.2 Å². The molecule has 124 valence electrons. The van der Waals surface area contributed by atoms with Gasteiger partial charge in [-0.3, -0.25) is 4.79 Å². The van der Waals surface area contributed by atoms with Crippen molar-refractivity contribution in [2.45, 2.75) is 12.2 Å². The van der Waals surface area contributed by atoms with Gasteiger partial charge in [-0.05, 0) is 35.9 Å². The number of aldehydes is 1. The van der Waals surface area contributed by atoms with Crippen LogP contribution in [0.1, 0.15) is 17.2 Å². The number of hydrogen-bond acceptors (Lipinski definition) is 6. The Bertz CT molecular complexity index is 783. The van der Waals surface area contributed by atoms with Crippen LogP contribution in [0.4, 0.5) is 0 Å². The number of ether oxygens (including phenoxy) is 2. The normalized spacial score (nSPS) is 19.4. The Morgan fingerprint density at radius 1 is 1.00 bits per heavy atom. The molecule has 1 aliphatic heterocycles. The standard InChI is InChI=1S/C18H16O6/c19-7-1-2-11-3-6-15-16(8-11)23-17(10-20)18(24-15)12-4-5-13(21)14(22)9-12/h1-9,17-18,20-22H,10H2/b2-1+/t17-,18-/m1/s1. The number of allylic oxidation sites excluding steroid dienone is 1. The summed E-state index contributed by atoms with van der Waals surface area (Å²) in [4.78, 5) is 10.4. The molecule has 3 rings (SSSR count). The number of hydrogen-bond donors (Lipinski definition) is 3. The predicted octanol–water partition coefficient (Wildman–Crippen LogP) is 2.18. The van der Waals surface area contributed by atoms with Crippen LogP contribution >= 0.6 is 0 Å². The molecule has 0 fully saturated rings. The van der Waals surface area contributed by atoms with Crippen LogP contribution in [0.5, 0.6) is 23.0 Å². The molecule has 0 saturated heterocycles. The number of phenolic OH excluding ortho intramolecular Hbond substituents is 2. The number of phenols is 2. The summed E-state index contributed by atoms with van der Waals surface area (Å²) in [6.45, 7) is -0.292. The van der Waals surface area contributed by atoms with Gasteiger partial charge in [0.25, 0.3) is 0 Å². The number of fused-ring (bicyclic) bond motifs is 1. The number of aromatic hydroxyl groups is 2. The van der Waals surface area contributed by atoms with Crippen molar-refractivity contribution in [1.82, 2.24) is 0 Å². The lowest BCUT2D eigenvalue weighted by Gasteiger charge is -2.33. The summed E-state index contributed by atoms with van der Waals surface area (Å²) in [5.41, 5.74) is 1.33. The van der Waals surface area contributed by atoms with Crippen LogP contribution in [0.2, 0.25) is 0 Å². The zero-order valence-corrected chi connectivity index (χ0v) is 12.6. The third-order valence-electron chi connectivity index (χ3n) is 3.71. The second kappa shape index (κ2) is 6.64. The number of aliphatic hydroxyl groups is 1. The van der Waals surface area contributed by atoms with Crippen molar-refractivity contribution in [1.29, 1.82) is 0 Å². The van der Waals surface area contributed by atoms with E-state index in [1.54, 1.807) is 30.3 Å². The lowest BCUT2D eigenvalue weighted by molar-refractivity contribution is -0.104. The largest absolute Gasteiger partial charge is 0.504 e. The van der Waals surface area contributed by atoms with Gasteiger partial charge >= 0.3 is 0 Å². The predicted molar refractivity (Wildman–Crippen MR) is 86.2 cm³/mol. The smallest absolute Gasteiger partial charge is 0.163 e. The SMILES string of the molecule is O=C/C=C/c1ccc2c(c1)O[C@H](CO)[C@@H](c1ccc(O)c(O)c1)O2. The first-order chi connectivity index (χ1) is 11.6. The van der Waals surface area contributed by atoms with Crippen LogP contribution in [-0.4, -0.2) is 34.3 Å². The molecular formula is C18H16O6. The first-order valence-corrected chi connectivity index (χ1v) is 7.34. The molecule has 1 heterocycles. The highest BCUT2D eigenvalue weighted by Gasteiger charge is 2.33. The zero-order chi connectivity index (χ0) is 17.1. The van der Waals surface area contributed by atoms with Gasteiger partial charge in [0.2, 0.25) is 0 Å². The molecule has 3 N–H and O–H groups in total. The maximum Gasteiger partial charge on any atom is 0.163 e. The molecule has 0 spiro atoms. The molecule has 6 nitrogen and oxygen atoms in total. The first-order valence-electron chi connectivity index (χ1n) is 7.34. The molecule has 2 aromatic carbocycles. The second-order valence-electron chi connectivity index (χ2n) is 5.33. The van der Waals surface area contributed by atoms with E-state index in [1.807, 2.05) is 0 Å². The molecular weight excluding hydrogens is 312 g/mol. The van der Waals surface area contributed by atoms with E-state index >= 15 is 0 Å². The topological polar surface area (TPSA) is 96.2 Å². The van der Waals surface area contributed by atoms with Gasteiger partial charge in [-0.25, -0.2) is 0 Å². The molecule has 0 saturated carbocycles. The van der Waals surface area contributed by atoms with Crippen LogP contribution < -0.4 is 9.47 Å². The number of rotatable bonds is 4. The van der Waals surface area contributed by atoms with Gasteiger partial charge in [0.05, 0.1) is 6.61 Å². The lowest BCUT2D eigenvalue weighted by atomic mass is 10.0. The van der Waals surface area contributed by atoms with Crippen LogP contribution in [0.25, 0.3) is 6.08 Å². The average molecular weight is 328 g/mol. The monoisotopic (exact) mass is 328 g/mol. The number of carbonyl (C=O) groups is 1. The van der Waals surface area contributed by atoms with Gasteiger partial charge in [0, 0.05) is 5.56 Å². The van der Waals surface area contributed by atoms with E-state index < -0.39 is 12.2 Å². The van der Waals surface area contributed by atoms with Crippen LogP contribution in [0, 0.1) is 0 Å². The fourth-order valence-electron chi connectivity index (χ4n) is 2.54. The molecule has 0 amide bonds. The number of carbonyl (C=O) groups excluding carboxylic acids is 1. The van der Waals surface area contributed by atoms with Crippen molar-refractivity contribution in [2.24, 2.45) is 0 Å². The van der Waals surface area contributed by atoms with Gasteiger partial charge in [-0.15, -0.1) is 0 Å². The van der Waals surface area contributed by atoms with E-state index in [-0.39, 0.29) is 18.1 Å². The Labute approximate surface area is 138 Å². The molecule has 0 radical (unpaired) electrons. The van der Waals surface area contributed by atoms with E-state index in [1.165, 1.54) is 18.2 Å². The summed E-state index contributed by atoms with van der Waals surface area (Å²) in [7, 11) is 0. The Morgan fingerprint density at radius 2 is 1.83 bits per heavy atom. The summed E-state index contributed by atoms with van der Waals surface area (Å²) in [6, 6.07) is 9.51. The molecule has 0 aliphatic carbocycles. The highest BCUT2D eigenvalue weighted by atomic mass is 16.6. The zero-order valence-electron chi connectivity index (χ0n) is 12.6. The third kappa shape index (κ3) is 3.04. The van der Waals surface area contributed by atoms with Crippen molar-refractivity contribution in [3.05, 3.63) is 53.6 Å². The minimum Gasteiger partial charge on any atom is -0.504 e. The highest BCUT2D eigenvalue weighted by Crippen LogP contribution is 2.41. The summed E-state index contributed by atoms with van der Waals surface area (Å²) in [5.74, 6) is 0.442. The van der Waals surface area contributed by atoms with Crippen molar-refractivity contribution in [3.63, 3.8) is 0 Å². The van der Waals surface area contributed by atoms with E-state index in [0.717, 1.165) is 5.56 Å². The van der Waals surface area contributed by atoms with Gasteiger partial charge < -0.3 is 24.8 Å². The number of aliphatic hydroxyl groups excluding tert-OH is 1. The molecule has 24 heavy (non-hydrogen) atoms. The summed E-state index contributed by atoms with van der Waals surface area (Å²) < 4.78 is 11.7. The Hall–Kier alpha value is -2.99. The third-order valence-corrected chi connectivity index (χ3v) is 3.71. The molecule has 2 aromatic rings. The number of benzene rings is 2. The Balaban J connectivity index is 1.93. The van der Waals surface area contributed by atoms with Crippen molar-refractivity contribution < 1.29 is 29.6 Å². The summed E-state index contributed by atoms with van der Waals surface area (Å²) in [6.07, 6.45) is 2.38. The van der Waals surface area contributed by atoms with E-state index in [4.69, 9.17) is 9.47 Å². The fraction of sp³-hybridized carbons (Fsp3) is 0.167. The Morgan fingerprint density at radius 3 is 2.54 bits per heavy atom. The molecule has 6 heteroatoms. The maximum absolute atomic E-state index is 10.4. The van der Waals surface area contributed by atoms with Crippen molar-refractivity contribution in [3.8, 4) is 23.0 Å². The summed E-state index contributed by atoms with van der Waals surface area (Å²) in [5, 5.41) is 28.7. The maximum atomic E-state index is 10.4. The second-order valence-corrected chi connectivity index (χ2v) is 5.33. The summed E-state index contributed by atoms with van der Waals surface area (Å²) >= 11 is 0. The quantitative estimate of drug-likeness (QED) is 0.452. The lowest BCUT2D eigenvalue weighted by Crippen LogP contribution is -2.36. The highest BCUT2D eigenvalue weighted by molar-refractivity contribution is 5.74. The van der Waals surface area contributed by atoms with Gasteiger partial charge in [-0.1, -0.05) is 18.2 Å². The van der Waals surface area contributed by atoms with Crippen molar-refractivity contribution in [2.75, 3.05) is 6.61 Å². The van der Waals surface area contributed by atoms with Crippen molar-refractivity contribution >= 4 is 12.4 Å². The molecule has 0 unspecified atom stereocenters. The fourth-order valence-corrected chi connectivity index (χ4v) is 2.54. The molecule has 1 aliphatic rings. The van der Waals surface area contributed by atoms with E-state index in [2.05, 4.69) is 0 Å². The minimum absolute atomic E-state index is 0.233. The van der Waals surface area contributed by atoms with Crippen LogP contribution in [0.15, 0.2) is 42.5 Å². The molecule has 2 atom stereocenters. The Kier molecular flexibility index (Phi) is 4.39.